The number of nitro benzene ring substituents is 1. The molecular formula is C29H19Cl2N5O2. The van der Waals surface area contributed by atoms with E-state index in [1.807, 2.05) is 72.8 Å². The second kappa shape index (κ2) is 9.85. The molecule has 0 saturated carbocycles. The molecule has 1 unspecified atom stereocenters. The molecule has 0 fully saturated rings. The van der Waals surface area contributed by atoms with E-state index in [4.69, 9.17) is 38.3 Å². The summed E-state index contributed by atoms with van der Waals surface area (Å²) in [5.74, 6) is 0.388. The van der Waals surface area contributed by atoms with Crippen LogP contribution in [0, 0.1) is 10.1 Å². The second-order valence-electron chi connectivity index (χ2n) is 8.87. The van der Waals surface area contributed by atoms with E-state index in [1.54, 1.807) is 23.2 Å². The molecule has 0 N–H and O–H groups in total. The van der Waals surface area contributed by atoms with Crippen molar-refractivity contribution in [2.45, 2.75) is 12.5 Å². The van der Waals surface area contributed by atoms with Crippen LogP contribution in [0.3, 0.4) is 0 Å². The highest BCUT2D eigenvalue weighted by molar-refractivity contribution is 6.31. The summed E-state index contributed by atoms with van der Waals surface area (Å²) in [6, 6.07) is 29.0. The number of nitro groups is 1. The van der Waals surface area contributed by atoms with Gasteiger partial charge in [-0.25, -0.2) is 15.0 Å². The fraction of sp³-hybridized carbons (Fsp3) is 0.0690. The van der Waals surface area contributed by atoms with Crippen molar-refractivity contribution in [2.75, 3.05) is 5.01 Å². The Hall–Kier alpha value is -4.33. The smallest absolute Gasteiger partial charge is 0.258 e. The van der Waals surface area contributed by atoms with E-state index in [0.29, 0.717) is 27.9 Å². The zero-order valence-corrected chi connectivity index (χ0v) is 21.3. The number of hydrogen-bond donors (Lipinski definition) is 0. The first kappa shape index (κ1) is 24.0. The zero-order chi connectivity index (χ0) is 26.2. The molecule has 2 heterocycles. The van der Waals surface area contributed by atoms with Gasteiger partial charge in [0.2, 0.25) is 5.95 Å². The molecular weight excluding hydrogens is 521 g/mol. The van der Waals surface area contributed by atoms with Crippen molar-refractivity contribution >= 4 is 51.5 Å². The quantitative estimate of drug-likeness (QED) is 0.167. The number of nitrogens with zero attached hydrogens (tertiary/aromatic N) is 5. The van der Waals surface area contributed by atoms with Crippen LogP contribution >= 0.6 is 23.2 Å². The fourth-order valence-electron chi connectivity index (χ4n) is 4.62. The predicted octanol–water partition coefficient (Wildman–Crippen LogP) is 7.87. The summed E-state index contributed by atoms with van der Waals surface area (Å²) >= 11 is 12.4. The minimum Gasteiger partial charge on any atom is -0.258 e. The lowest BCUT2D eigenvalue weighted by Crippen LogP contribution is -2.21. The van der Waals surface area contributed by atoms with Gasteiger partial charge in [-0.3, -0.25) is 10.1 Å². The molecule has 1 atom stereocenters. The minimum atomic E-state index is -0.395. The molecule has 0 amide bonds. The summed E-state index contributed by atoms with van der Waals surface area (Å²) in [5.41, 5.74) is 4.82. The van der Waals surface area contributed by atoms with Gasteiger partial charge in [0.15, 0.2) is 0 Å². The van der Waals surface area contributed by atoms with Crippen LogP contribution < -0.4 is 5.01 Å². The van der Waals surface area contributed by atoms with E-state index < -0.39 is 4.92 Å². The maximum Gasteiger partial charge on any atom is 0.269 e. The number of non-ortho nitro benzene ring substituents is 1. The summed E-state index contributed by atoms with van der Waals surface area (Å²) in [5, 5.41) is 20.3. The molecule has 0 spiro atoms. The zero-order valence-electron chi connectivity index (χ0n) is 19.8. The predicted molar refractivity (Wildman–Crippen MR) is 151 cm³/mol. The molecule has 5 aromatic rings. The van der Waals surface area contributed by atoms with Crippen LogP contribution in [0.25, 0.3) is 22.2 Å². The second-order valence-corrected chi connectivity index (χ2v) is 9.74. The van der Waals surface area contributed by atoms with Crippen LogP contribution in [0.5, 0.6) is 0 Å². The molecule has 0 aliphatic carbocycles. The van der Waals surface area contributed by atoms with Gasteiger partial charge in [0, 0.05) is 39.5 Å². The molecule has 0 saturated heterocycles. The van der Waals surface area contributed by atoms with E-state index in [2.05, 4.69) is 0 Å². The standard InChI is InChI=1S/C29H19Cl2N5O2/c30-21-11-9-18(10-12-21)26-17-27(20-7-4-8-23(15-20)36(37)38)35(34-26)29-32-25-14-13-22(31)16-24(25)28(33-29)19-5-2-1-3-6-19/h1-16,27H,17H2. The topological polar surface area (TPSA) is 84.5 Å². The maximum absolute atomic E-state index is 11.5. The number of halogens is 2. The van der Waals surface area contributed by atoms with E-state index in [-0.39, 0.29) is 11.7 Å². The Morgan fingerprint density at radius 1 is 0.816 bits per heavy atom. The average Bonchev–Trinajstić information content (AvgIpc) is 3.39. The summed E-state index contributed by atoms with van der Waals surface area (Å²) in [6.45, 7) is 0. The van der Waals surface area contributed by atoms with Crippen LogP contribution in [0.2, 0.25) is 10.0 Å². The number of fused-ring (bicyclic) bond motifs is 1. The van der Waals surface area contributed by atoms with Crippen molar-refractivity contribution < 1.29 is 4.92 Å². The van der Waals surface area contributed by atoms with Crippen molar-refractivity contribution in [2.24, 2.45) is 5.10 Å². The van der Waals surface area contributed by atoms with Gasteiger partial charge in [0.1, 0.15) is 0 Å². The summed E-state index contributed by atoms with van der Waals surface area (Å²) in [7, 11) is 0. The van der Waals surface area contributed by atoms with Crippen molar-refractivity contribution in [3.8, 4) is 11.3 Å². The molecule has 186 valence electrons. The first-order chi connectivity index (χ1) is 18.5. The lowest BCUT2D eigenvalue weighted by Gasteiger charge is -2.23. The minimum absolute atomic E-state index is 0.0152. The van der Waals surface area contributed by atoms with Gasteiger partial charge in [-0.15, -0.1) is 0 Å². The molecule has 38 heavy (non-hydrogen) atoms. The highest BCUT2D eigenvalue weighted by Crippen LogP contribution is 2.38. The van der Waals surface area contributed by atoms with Crippen LogP contribution in [0.1, 0.15) is 23.6 Å². The van der Waals surface area contributed by atoms with Crippen molar-refractivity contribution in [3.05, 3.63) is 128 Å². The summed E-state index contributed by atoms with van der Waals surface area (Å²) < 4.78 is 0. The number of hydrogen-bond acceptors (Lipinski definition) is 6. The third-order valence-corrected chi connectivity index (χ3v) is 6.94. The molecule has 6 rings (SSSR count). The highest BCUT2D eigenvalue weighted by Gasteiger charge is 2.33. The Morgan fingerprint density at radius 2 is 1.58 bits per heavy atom. The third kappa shape index (κ3) is 4.58. The Bertz CT molecular complexity index is 1710. The van der Waals surface area contributed by atoms with Crippen molar-refractivity contribution in [1.82, 2.24) is 9.97 Å². The monoisotopic (exact) mass is 539 g/mol. The van der Waals surface area contributed by atoms with Gasteiger partial charge in [-0.05, 0) is 41.5 Å². The summed E-state index contributed by atoms with van der Waals surface area (Å²) in [6.07, 6.45) is 0.505. The lowest BCUT2D eigenvalue weighted by molar-refractivity contribution is -0.384. The van der Waals surface area contributed by atoms with Gasteiger partial charge in [-0.1, -0.05) is 77.8 Å². The van der Waals surface area contributed by atoms with Gasteiger partial charge < -0.3 is 0 Å². The SMILES string of the molecule is O=[N+]([O-])c1cccc(C2CC(c3ccc(Cl)cc3)=NN2c2nc(-c3ccccc3)c3cc(Cl)ccc3n2)c1. The van der Waals surface area contributed by atoms with Gasteiger partial charge in [0.25, 0.3) is 5.69 Å². The van der Waals surface area contributed by atoms with Crippen LogP contribution in [-0.2, 0) is 0 Å². The molecule has 1 aliphatic rings. The first-order valence-electron chi connectivity index (χ1n) is 11.9. The number of aromatic nitrogens is 2. The van der Waals surface area contributed by atoms with E-state index in [9.17, 15) is 10.1 Å². The van der Waals surface area contributed by atoms with E-state index in [1.165, 1.54) is 6.07 Å². The van der Waals surface area contributed by atoms with Gasteiger partial charge in [-0.2, -0.15) is 5.10 Å². The first-order valence-corrected chi connectivity index (χ1v) is 12.6. The summed E-state index contributed by atoms with van der Waals surface area (Å²) in [4.78, 5) is 21.0. The number of hydrazone groups is 1. The van der Waals surface area contributed by atoms with Crippen LogP contribution in [-0.4, -0.2) is 20.6 Å². The normalized spacial score (nSPS) is 15.1. The Kier molecular flexibility index (Phi) is 6.23. The van der Waals surface area contributed by atoms with Crippen molar-refractivity contribution in [3.63, 3.8) is 0 Å². The number of rotatable bonds is 5. The third-order valence-electron chi connectivity index (χ3n) is 6.45. The Labute approximate surface area is 228 Å². The lowest BCUT2D eigenvalue weighted by atomic mass is 9.98. The average molecular weight is 540 g/mol. The van der Waals surface area contributed by atoms with Crippen molar-refractivity contribution in [1.29, 1.82) is 0 Å². The van der Waals surface area contributed by atoms with Crippen LogP contribution in [0.15, 0.2) is 102 Å². The Morgan fingerprint density at radius 3 is 2.34 bits per heavy atom. The molecule has 0 radical (unpaired) electrons. The molecule has 7 nitrogen and oxygen atoms in total. The maximum atomic E-state index is 11.5. The molecule has 9 heteroatoms. The Balaban J connectivity index is 1.54. The van der Waals surface area contributed by atoms with Gasteiger partial charge >= 0.3 is 0 Å². The highest BCUT2D eigenvalue weighted by atomic mass is 35.5. The largest absolute Gasteiger partial charge is 0.269 e. The number of benzene rings is 4. The molecule has 1 aromatic heterocycles. The molecule has 1 aliphatic heterocycles. The van der Waals surface area contributed by atoms with E-state index in [0.717, 1.165) is 33.5 Å². The van der Waals surface area contributed by atoms with E-state index >= 15 is 0 Å². The molecule has 0 bridgehead atoms. The fourth-order valence-corrected chi connectivity index (χ4v) is 4.92. The van der Waals surface area contributed by atoms with Crippen LogP contribution in [0.4, 0.5) is 11.6 Å². The molecule has 4 aromatic carbocycles. The van der Waals surface area contributed by atoms with Gasteiger partial charge in [0.05, 0.1) is 27.9 Å². The number of anilines is 1.